The van der Waals surface area contributed by atoms with Crippen molar-refractivity contribution < 1.29 is 9.59 Å². The molecule has 0 atom stereocenters. The van der Waals surface area contributed by atoms with E-state index in [1.165, 1.54) is 42.7 Å². The van der Waals surface area contributed by atoms with Gasteiger partial charge in [0.15, 0.2) is 5.78 Å². The Bertz CT molecular complexity index is 978. The van der Waals surface area contributed by atoms with Gasteiger partial charge in [0.05, 0.1) is 17.8 Å². The van der Waals surface area contributed by atoms with Crippen LogP contribution in [0.3, 0.4) is 0 Å². The van der Waals surface area contributed by atoms with Crippen LogP contribution in [0, 0.1) is 0 Å². The van der Waals surface area contributed by atoms with E-state index in [2.05, 4.69) is 10.2 Å². The number of aromatic nitrogens is 1. The summed E-state index contributed by atoms with van der Waals surface area (Å²) in [4.78, 5) is 33.7. The molecule has 3 heterocycles. The number of fused-ring (bicyclic) bond motifs is 2. The number of ketones is 1. The summed E-state index contributed by atoms with van der Waals surface area (Å²) in [5.74, 6) is 0.00640. The van der Waals surface area contributed by atoms with Crippen molar-refractivity contribution in [2.75, 3.05) is 25.0 Å². The molecule has 1 fully saturated rings. The number of anilines is 1. The summed E-state index contributed by atoms with van der Waals surface area (Å²) in [5, 5.41) is 3.81. The number of likely N-dealkylation sites (tertiary alicyclic amines) is 1. The number of carbonyl (C=O) groups excluding carboxylic acids is 2. The Morgan fingerprint density at radius 1 is 1.14 bits per heavy atom. The number of hydrogen-bond acceptors (Lipinski definition) is 5. The standard InChI is InChI=1S/C23H25N3O2S/c27-20(14-26-10-4-1-5-11-26)15-8-9-18-16(12-15)17(23(28)25-18)13-22-24-19-6-2-3-7-21(19)29-22/h8-9,12-13H,1-7,10-11,14H2,(H,25,28). The minimum absolute atomic E-state index is 0.117. The number of carbonyl (C=O) groups is 2. The van der Waals surface area contributed by atoms with Crippen LogP contribution < -0.4 is 5.32 Å². The van der Waals surface area contributed by atoms with Crippen molar-refractivity contribution in [2.24, 2.45) is 0 Å². The molecular formula is C23H25N3O2S. The molecule has 5 rings (SSSR count). The Morgan fingerprint density at radius 2 is 1.97 bits per heavy atom. The van der Waals surface area contributed by atoms with Crippen LogP contribution >= 0.6 is 11.3 Å². The van der Waals surface area contributed by atoms with Gasteiger partial charge in [0, 0.05) is 21.7 Å². The molecule has 6 heteroatoms. The number of nitrogens with one attached hydrogen (secondary N) is 1. The highest BCUT2D eigenvalue weighted by Gasteiger charge is 2.26. The summed E-state index contributed by atoms with van der Waals surface area (Å²) < 4.78 is 0. The first-order chi connectivity index (χ1) is 14.2. The molecule has 5 nitrogen and oxygen atoms in total. The highest BCUT2D eigenvalue weighted by molar-refractivity contribution is 7.12. The molecule has 29 heavy (non-hydrogen) atoms. The predicted octanol–water partition coefficient (Wildman–Crippen LogP) is 4.18. The molecule has 0 spiro atoms. The lowest BCUT2D eigenvalue weighted by Crippen LogP contribution is -2.34. The molecule has 0 unspecified atom stereocenters. The number of thiazole rings is 1. The lowest BCUT2D eigenvalue weighted by atomic mass is 10.0. The lowest BCUT2D eigenvalue weighted by molar-refractivity contribution is -0.110. The summed E-state index contributed by atoms with van der Waals surface area (Å²) in [5.41, 5.74) is 4.07. The fourth-order valence-electron chi connectivity index (χ4n) is 4.47. The highest BCUT2D eigenvalue weighted by Crippen LogP contribution is 2.36. The smallest absolute Gasteiger partial charge is 0.256 e. The molecule has 2 aliphatic heterocycles. The van der Waals surface area contributed by atoms with Crippen LogP contribution in [0.1, 0.15) is 63.6 Å². The molecule has 1 aromatic heterocycles. The van der Waals surface area contributed by atoms with Gasteiger partial charge in [-0.1, -0.05) is 6.42 Å². The molecule has 1 aromatic carbocycles. The Morgan fingerprint density at radius 3 is 2.79 bits per heavy atom. The Balaban J connectivity index is 1.42. The monoisotopic (exact) mass is 407 g/mol. The Kier molecular flexibility index (Phi) is 5.06. The first-order valence-electron chi connectivity index (χ1n) is 10.6. The van der Waals surface area contributed by atoms with Gasteiger partial charge in [0.1, 0.15) is 5.01 Å². The van der Waals surface area contributed by atoms with E-state index >= 15 is 0 Å². The van der Waals surface area contributed by atoms with Crippen LogP contribution in [-0.2, 0) is 17.6 Å². The molecule has 0 radical (unpaired) electrons. The molecule has 1 saturated heterocycles. The summed E-state index contributed by atoms with van der Waals surface area (Å²) in [6, 6.07) is 5.56. The van der Waals surface area contributed by atoms with Crippen molar-refractivity contribution in [3.63, 3.8) is 0 Å². The number of benzene rings is 1. The second-order valence-electron chi connectivity index (χ2n) is 8.16. The van der Waals surface area contributed by atoms with E-state index < -0.39 is 0 Å². The Hall–Kier alpha value is -2.31. The van der Waals surface area contributed by atoms with E-state index in [9.17, 15) is 9.59 Å². The van der Waals surface area contributed by atoms with E-state index in [-0.39, 0.29) is 11.7 Å². The molecule has 1 amide bonds. The summed E-state index contributed by atoms with van der Waals surface area (Å²) in [6.45, 7) is 2.45. The molecule has 0 saturated carbocycles. The van der Waals surface area contributed by atoms with Crippen molar-refractivity contribution >= 4 is 40.4 Å². The summed E-state index contributed by atoms with van der Waals surface area (Å²) >= 11 is 1.69. The number of amides is 1. The SMILES string of the molecule is O=C1Nc2ccc(C(=O)CN3CCCCC3)cc2C1=Cc1nc2c(s1)CCCC2. The zero-order valence-electron chi connectivity index (χ0n) is 16.5. The van der Waals surface area contributed by atoms with Crippen molar-refractivity contribution in [1.29, 1.82) is 0 Å². The first kappa shape index (κ1) is 18.7. The molecule has 1 aliphatic carbocycles. The summed E-state index contributed by atoms with van der Waals surface area (Å²) in [7, 11) is 0. The maximum Gasteiger partial charge on any atom is 0.256 e. The maximum absolute atomic E-state index is 12.8. The minimum Gasteiger partial charge on any atom is -0.321 e. The number of rotatable bonds is 4. The van der Waals surface area contributed by atoms with Crippen LogP contribution in [0.25, 0.3) is 11.6 Å². The van der Waals surface area contributed by atoms with Crippen molar-refractivity contribution in [1.82, 2.24) is 9.88 Å². The largest absolute Gasteiger partial charge is 0.321 e. The highest BCUT2D eigenvalue weighted by atomic mass is 32.1. The second-order valence-corrected chi connectivity index (χ2v) is 9.28. The van der Waals surface area contributed by atoms with Gasteiger partial charge in [0.2, 0.25) is 0 Å². The topological polar surface area (TPSA) is 62.3 Å². The average molecular weight is 408 g/mol. The van der Waals surface area contributed by atoms with Gasteiger partial charge >= 0.3 is 0 Å². The fourth-order valence-corrected chi connectivity index (χ4v) is 5.57. The van der Waals surface area contributed by atoms with E-state index in [4.69, 9.17) is 4.98 Å². The fraction of sp³-hybridized carbons (Fsp3) is 0.435. The van der Waals surface area contributed by atoms with E-state index in [0.29, 0.717) is 17.7 Å². The molecule has 0 bridgehead atoms. The zero-order valence-corrected chi connectivity index (χ0v) is 17.3. The predicted molar refractivity (Wildman–Crippen MR) is 116 cm³/mol. The number of hydrogen-bond donors (Lipinski definition) is 1. The zero-order chi connectivity index (χ0) is 19.8. The van der Waals surface area contributed by atoms with E-state index in [1.54, 1.807) is 11.3 Å². The third-order valence-corrected chi connectivity index (χ3v) is 7.17. The van der Waals surface area contributed by atoms with Crippen LogP contribution in [0.5, 0.6) is 0 Å². The number of aryl methyl sites for hydroxylation is 2. The summed E-state index contributed by atoms with van der Waals surface area (Å²) in [6.07, 6.45) is 10.0. The van der Waals surface area contributed by atoms with Crippen LogP contribution in [0.4, 0.5) is 5.69 Å². The van der Waals surface area contributed by atoms with Gasteiger partial charge in [-0.15, -0.1) is 11.3 Å². The molecule has 3 aliphatic rings. The molecule has 2 aromatic rings. The molecule has 1 N–H and O–H groups in total. The third-order valence-electron chi connectivity index (χ3n) is 6.07. The maximum atomic E-state index is 12.8. The second kappa shape index (κ2) is 7.84. The van der Waals surface area contributed by atoms with Gasteiger partial charge < -0.3 is 5.32 Å². The number of piperidine rings is 1. The number of nitrogens with zero attached hydrogens (tertiary/aromatic N) is 2. The van der Waals surface area contributed by atoms with Crippen molar-refractivity contribution in [2.45, 2.75) is 44.9 Å². The third kappa shape index (κ3) is 3.79. The van der Waals surface area contributed by atoms with Crippen molar-refractivity contribution in [3.8, 4) is 0 Å². The number of Topliss-reactive ketones (excluding diaryl/α,β-unsaturated/α-hetero) is 1. The van der Waals surface area contributed by atoms with E-state index in [1.807, 2.05) is 24.3 Å². The van der Waals surface area contributed by atoms with Crippen LogP contribution in [-0.4, -0.2) is 41.2 Å². The van der Waals surface area contributed by atoms with Gasteiger partial charge in [-0.05, 0) is 75.9 Å². The lowest BCUT2D eigenvalue weighted by Gasteiger charge is -2.25. The molecule has 150 valence electrons. The van der Waals surface area contributed by atoms with Crippen LogP contribution in [0.2, 0.25) is 0 Å². The van der Waals surface area contributed by atoms with E-state index in [0.717, 1.165) is 42.2 Å². The average Bonchev–Trinajstić information content (AvgIpc) is 3.29. The Labute approximate surface area is 174 Å². The van der Waals surface area contributed by atoms with Crippen molar-refractivity contribution in [3.05, 3.63) is 44.9 Å². The van der Waals surface area contributed by atoms with Gasteiger partial charge in [-0.25, -0.2) is 4.98 Å². The molecular weight excluding hydrogens is 382 g/mol. The van der Waals surface area contributed by atoms with Gasteiger partial charge in [-0.2, -0.15) is 0 Å². The first-order valence-corrected chi connectivity index (χ1v) is 11.4. The van der Waals surface area contributed by atoms with Gasteiger partial charge in [0.25, 0.3) is 5.91 Å². The van der Waals surface area contributed by atoms with Gasteiger partial charge in [-0.3, -0.25) is 14.5 Å². The normalized spacial score (nSPS) is 20.4. The minimum atomic E-state index is -0.117. The van der Waals surface area contributed by atoms with Crippen LogP contribution in [0.15, 0.2) is 18.2 Å². The quantitative estimate of drug-likeness (QED) is 0.610.